The van der Waals surface area contributed by atoms with Crippen molar-refractivity contribution in [2.45, 2.75) is 79.0 Å². The number of alkyl carbamates (subject to hydrolysis) is 1. The van der Waals surface area contributed by atoms with E-state index in [1.807, 2.05) is 27.7 Å². The smallest absolute Gasteiger partial charge is 0.408 e. The Bertz CT molecular complexity index is 524. The third-order valence-corrected chi connectivity index (χ3v) is 4.44. The highest BCUT2D eigenvalue weighted by Crippen LogP contribution is 2.35. The summed E-state index contributed by atoms with van der Waals surface area (Å²) in [7, 11) is 0. The van der Waals surface area contributed by atoms with Crippen molar-refractivity contribution in [1.29, 1.82) is 0 Å². The first-order valence-electron chi connectivity index (χ1n) is 8.80. The summed E-state index contributed by atoms with van der Waals surface area (Å²) in [6.07, 6.45) is 0.394. The lowest BCUT2D eigenvalue weighted by molar-refractivity contribution is -0.149. The average Bonchev–Trinajstić information content (AvgIpc) is 2.77. The Morgan fingerprint density at radius 3 is 2.32 bits per heavy atom. The second kappa shape index (κ2) is 7.62. The minimum Gasteiger partial charge on any atom is -0.480 e. The fourth-order valence-electron chi connectivity index (χ4n) is 3.02. The first kappa shape index (κ1) is 21.3. The Morgan fingerprint density at radius 2 is 1.88 bits per heavy atom. The van der Waals surface area contributed by atoms with Crippen LogP contribution in [-0.4, -0.2) is 52.2 Å². The third kappa shape index (κ3) is 5.90. The summed E-state index contributed by atoms with van der Waals surface area (Å²) in [5.41, 5.74) is -0.947. The Hall–Kier alpha value is -1.79. The zero-order valence-corrected chi connectivity index (χ0v) is 16.4. The van der Waals surface area contributed by atoms with Gasteiger partial charge in [0.05, 0.1) is 0 Å². The number of carbonyl (C=O) groups is 3. The van der Waals surface area contributed by atoms with E-state index >= 15 is 0 Å². The molecule has 0 aromatic carbocycles. The molecule has 0 spiro atoms. The Labute approximate surface area is 150 Å². The molecule has 0 aromatic rings. The SMILES string of the molecule is CCC(C)C(NC(=O)OC(C)(C)C)C(=O)N1CC(C)(C)C[C@H]1C(=O)O. The van der Waals surface area contributed by atoms with Gasteiger partial charge in [-0.2, -0.15) is 0 Å². The highest BCUT2D eigenvalue weighted by atomic mass is 16.6. The zero-order valence-electron chi connectivity index (χ0n) is 16.4. The largest absolute Gasteiger partial charge is 0.480 e. The monoisotopic (exact) mass is 356 g/mol. The van der Waals surface area contributed by atoms with Crippen LogP contribution in [0.3, 0.4) is 0 Å². The van der Waals surface area contributed by atoms with Crippen molar-refractivity contribution in [3.63, 3.8) is 0 Å². The van der Waals surface area contributed by atoms with E-state index in [0.29, 0.717) is 19.4 Å². The van der Waals surface area contributed by atoms with Crippen LogP contribution < -0.4 is 5.32 Å². The minimum atomic E-state index is -1.01. The molecule has 144 valence electrons. The summed E-state index contributed by atoms with van der Waals surface area (Å²) in [5.74, 6) is -1.52. The molecule has 1 rings (SSSR count). The third-order valence-electron chi connectivity index (χ3n) is 4.44. The van der Waals surface area contributed by atoms with Crippen LogP contribution in [0.4, 0.5) is 4.79 Å². The van der Waals surface area contributed by atoms with E-state index in [0.717, 1.165) is 0 Å². The number of nitrogens with one attached hydrogen (secondary N) is 1. The molecule has 0 bridgehead atoms. The number of nitrogens with zero attached hydrogens (tertiary/aromatic N) is 1. The first-order chi connectivity index (χ1) is 11.3. The lowest BCUT2D eigenvalue weighted by Crippen LogP contribution is -2.55. The zero-order chi connectivity index (χ0) is 19.6. The summed E-state index contributed by atoms with van der Waals surface area (Å²) < 4.78 is 5.25. The van der Waals surface area contributed by atoms with Crippen molar-refractivity contribution in [2.24, 2.45) is 11.3 Å². The molecule has 2 unspecified atom stereocenters. The number of hydrogen-bond donors (Lipinski definition) is 2. The van der Waals surface area contributed by atoms with E-state index in [1.54, 1.807) is 20.8 Å². The van der Waals surface area contributed by atoms with Crippen molar-refractivity contribution < 1.29 is 24.2 Å². The van der Waals surface area contributed by atoms with Crippen LogP contribution in [0.15, 0.2) is 0 Å². The fraction of sp³-hybridized carbons (Fsp3) is 0.833. The van der Waals surface area contributed by atoms with E-state index in [1.165, 1.54) is 4.90 Å². The molecular formula is C18H32N2O5. The van der Waals surface area contributed by atoms with Gasteiger partial charge in [-0.15, -0.1) is 0 Å². The summed E-state index contributed by atoms with van der Waals surface area (Å²) >= 11 is 0. The molecule has 2 amide bonds. The van der Waals surface area contributed by atoms with Crippen molar-refractivity contribution in [3.8, 4) is 0 Å². The van der Waals surface area contributed by atoms with E-state index < -0.39 is 29.7 Å². The van der Waals surface area contributed by atoms with E-state index in [4.69, 9.17) is 4.74 Å². The number of carboxylic acid groups (broad SMARTS) is 1. The van der Waals surface area contributed by atoms with Gasteiger partial charge in [0.15, 0.2) is 0 Å². The Balaban J connectivity index is 3.00. The van der Waals surface area contributed by atoms with Gasteiger partial charge in [0.2, 0.25) is 5.91 Å². The molecular weight excluding hydrogens is 324 g/mol. The number of rotatable bonds is 5. The topological polar surface area (TPSA) is 95.9 Å². The van der Waals surface area contributed by atoms with Gasteiger partial charge in [0.1, 0.15) is 17.7 Å². The molecule has 7 nitrogen and oxygen atoms in total. The molecule has 0 aliphatic carbocycles. The maximum Gasteiger partial charge on any atom is 0.408 e. The van der Waals surface area contributed by atoms with Crippen molar-refractivity contribution >= 4 is 18.0 Å². The van der Waals surface area contributed by atoms with E-state index in [2.05, 4.69) is 5.32 Å². The molecule has 1 aliphatic rings. The number of carbonyl (C=O) groups excluding carboxylic acids is 2. The maximum atomic E-state index is 13.0. The molecule has 1 aliphatic heterocycles. The molecule has 2 N–H and O–H groups in total. The number of likely N-dealkylation sites (tertiary alicyclic amines) is 1. The number of carboxylic acids is 1. The Morgan fingerprint density at radius 1 is 1.32 bits per heavy atom. The average molecular weight is 356 g/mol. The second-order valence-electron chi connectivity index (χ2n) is 8.70. The number of aliphatic carboxylic acids is 1. The Kier molecular flexibility index (Phi) is 6.48. The van der Waals surface area contributed by atoms with Crippen LogP contribution in [0.1, 0.15) is 61.3 Å². The molecule has 7 heteroatoms. The van der Waals surface area contributed by atoms with Crippen LogP contribution in [0.2, 0.25) is 0 Å². The molecule has 3 atom stereocenters. The fourth-order valence-corrected chi connectivity index (χ4v) is 3.02. The lowest BCUT2D eigenvalue weighted by Gasteiger charge is -2.31. The highest BCUT2D eigenvalue weighted by molar-refractivity contribution is 5.90. The number of hydrogen-bond acceptors (Lipinski definition) is 4. The van der Waals surface area contributed by atoms with Gasteiger partial charge in [-0.1, -0.05) is 34.1 Å². The predicted molar refractivity (Wildman–Crippen MR) is 94.1 cm³/mol. The molecule has 1 fully saturated rings. The summed E-state index contributed by atoms with van der Waals surface area (Å²) in [5, 5.41) is 12.1. The molecule has 0 aromatic heterocycles. The standard InChI is InChI=1S/C18H32N2O5/c1-8-11(2)13(19-16(24)25-17(3,4)5)14(21)20-10-18(6,7)9-12(20)15(22)23/h11-13H,8-10H2,1-7H3,(H,19,24)(H,22,23)/t11?,12-,13?/m0/s1. The summed E-state index contributed by atoms with van der Waals surface area (Å²) in [4.78, 5) is 38.1. The van der Waals surface area contributed by atoms with Gasteiger partial charge in [-0.05, 0) is 38.5 Å². The summed E-state index contributed by atoms with van der Waals surface area (Å²) in [6, 6.07) is -1.68. The van der Waals surface area contributed by atoms with Gasteiger partial charge in [-0.3, -0.25) is 4.79 Å². The van der Waals surface area contributed by atoms with Crippen LogP contribution in [0.25, 0.3) is 0 Å². The van der Waals surface area contributed by atoms with Gasteiger partial charge < -0.3 is 20.1 Å². The lowest BCUT2D eigenvalue weighted by atomic mass is 9.91. The second-order valence-corrected chi connectivity index (χ2v) is 8.70. The van der Waals surface area contributed by atoms with Crippen LogP contribution in [0, 0.1) is 11.3 Å². The van der Waals surface area contributed by atoms with E-state index in [-0.39, 0.29) is 17.2 Å². The first-order valence-corrected chi connectivity index (χ1v) is 8.80. The van der Waals surface area contributed by atoms with Gasteiger partial charge in [-0.25, -0.2) is 9.59 Å². The minimum absolute atomic E-state index is 0.141. The predicted octanol–water partition coefficient (Wildman–Crippen LogP) is 2.64. The van der Waals surface area contributed by atoms with Crippen LogP contribution in [0.5, 0.6) is 0 Å². The van der Waals surface area contributed by atoms with Gasteiger partial charge in [0.25, 0.3) is 0 Å². The van der Waals surface area contributed by atoms with Crippen LogP contribution >= 0.6 is 0 Å². The summed E-state index contributed by atoms with van der Waals surface area (Å²) in [6.45, 7) is 13.3. The normalized spacial score (nSPS) is 22.2. The highest BCUT2D eigenvalue weighted by Gasteiger charge is 2.46. The number of amides is 2. The quantitative estimate of drug-likeness (QED) is 0.789. The number of ether oxygens (including phenoxy) is 1. The molecule has 1 heterocycles. The molecule has 1 saturated heterocycles. The van der Waals surface area contributed by atoms with Crippen molar-refractivity contribution in [1.82, 2.24) is 10.2 Å². The van der Waals surface area contributed by atoms with Crippen molar-refractivity contribution in [2.75, 3.05) is 6.54 Å². The molecule has 25 heavy (non-hydrogen) atoms. The van der Waals surface area contributed by atoms with E-state index in [9.17, 15) is 19.5 Å². The molecule has 0 saturated carbocycles. The van der Waals surface area contributed by atoms with Crippen molar-refractivity contribution in [3.05, 3.63) is 0 Å². The maximum absolute atomic E-state index is 13.0. The molecule has 0 radical (unpaired) electrons. The van der Waals surface area contributed by atoms with Gasteiger partial charge in [0, 0.05) is 6.54 Å². The van der Waals surface area contributed by atoms with Gasteiger partial charge >= 0.3 is 12.1 Å². The van der Waals surface area contributed by atoms with Crippen LogP contribution in [-0.2, 0) is 14.3 Å².